The zero-order valence-electron chi connectivity index (χ0n) is 15.3. The van der Waals surface area contributed by atoms with Gasteiger partial charge in [-0.1, -0.05) is 30.3 Å². The van der Waals surface area contributed by atoms with E-state index in [-0.39, 0.29) is 56.0 Å². The van der Waals surface area contributed by atoms with Crippen molar-refractivity contribution in [3.8, 4) is 0 Å². The van der Waals surface area contributed by atoms with Crippen LogP contribution < -0.4 is 0 Å². The Balaban J connectivity index is 1.71. The van der Waals surface area contributed by atoms with Gasteiger partial charge in [-0.2, -0.15) is 8.42 Å². The van der Waals surface area contributed by atoms with Crippen LogP contribution in [0.2, 0.25) is 0 Å². The molecule has 0 bridgehead atoms. The second-order valence-corrected chi connectivity index (χ2v) is 9.28. The van der Waals surface area contributed by atoms with Crippen molar-refractivity contribution in [1.29, 1.82) is 0 Å². The van der Waals surface area contributed by atoms with Crippen LogP contribution in [0.4, 0.5) is 8.78 Å². The Bertz CT molecular complexity index is 759. The number of hydrogen-bond acceptors (Lipinski definition) is 4. The maximum atomic E-state index is 13.4. The lowest BCUT2D eigenvalue weighted by Crippen LogP contribution is -2.38. The van der Waals surface area contributed by atoms with Gasteiger partial charge >= 0.3 is 0 Å². The molecule has 150 valence electrons. The van der Waals surface area contributed by atoms with E-state index in [1.165, 1.54) is 0 Å². The third-order valence-corrected chi connectivity index (χ3v) is 6.11. The van der Waals surface area contributed by atoms with Crippen molar-refractivity contribution in [2.45, 2.75) is 37.5 Å². The number of hydrogen-bond donors (Lipinski definition) is 0. The maximum Gasteiger partial charge on any atom is 0.264 e. The average Bonchev–Trinajstić information content (AvgIpc) is 3.04. The van der Waals surface area contributed by atoms with Crippen molar-refractivity contribution in [2.75, 3.05) is 26.0 Å². The largest absolute Gasteiger partial charge is 0.341 e. The third-order valence-electron chi connectivity index (χ3n) is 5.54. The lowest BCUT2D eigenvalue weighted by molar-refractivity contribution is -0.138. The molecule has 1 heterocycles. The Morgan fingerprint density at radius 1 is 1.19 bits per heavy atom. The predicted octanol–water partition coefficient (Wildman–Crippen LogP) is 3.03. The van der Waals surface area contributed by atoms with Gasteiger partial charge in [0.1, 0.15) is 0 Å². The summed E-state index contributed by atoms with van der Waals surface area (Å²) < 4.78 is 54.5. The summed E-state index contributed by atoms with van der Waals surface area (Å²) in [5.74, 6) is -3.35. The van der Waals surface area contributed by atoms with Gasteiger partial charge in [-0.15, -0.1) is 0 Å². The van der Waals surface area contributed by atoms with E-state index >= 15 is 0 Å². The van der Waals surface area contributed by atoms with E-state index in [2.05, 4.69) is 0 Å². The Morgan fingerprint density at radius 3 is 2.41 bits per heavy atom. The van der Waals surface area contributed by atoms with Gasteiger partial charge in [0.2, 0.25) is 11.8 Å². The molecule has 1 aromatic carbocycles. The standard InChI is InChI=1S/C19H25F2NO4S/c1-27(24,25)26-13-16-11-22(12-17(16)14-5-3-2-4-6-14)18(23)15-7-9-19(20,21)10-8-15/h2-6,15-17H,7-13H2,1H3/t16-,17-/m1/s1. The smallest absolute Gasteiger partial charge is 0.264 e. The number of likely N-dealkylation sites (tertiary alicyclic amines) is 1. The molecule has 1 amide bonds. The van der Waals surface area contributed by atoms with Crippen LogP contribution in [0.15, 0.2) is 30.3 Å². The average molecular weight is 401 g/mol. The summed E-state index contributed by atoms with van der Waals surface area (Å²) in [6, 6.07) is 9.60. The highest BCUT2D eigenvalue weighted by molar-refractivity contribution is 7.85. The zero-order chi connectivity index (χ0) is 19.7. The molecule has 3 rings (SSSR count). The first kappa shape index (κ1) is 20.2. The maximum absolute atomic E-state index is 13.4. The van der Waals surface area contributed by atoms with Gasteiger partial charge in [0.25, 0.3) is 10.1 Å². The number of carbonyl (C=O) groups is 1. The van der Waals surface area contributed by atoms with Crippen LogP contribution in [0.1, 0.15) is 37.2 Å². The minimum atomic E-state index is -3.58. The second-order valence-electron chi connectivity index (χ2n) is 7.64. The summed E-state index contributed by atoms with van der Waals surface area (Å²) in [4.78, 5) is 14.6. The van der Waals surface area contributed by atoms with Gasteiger partial charge < -0.3 is 4.90 Å². The van der Waals surface area contributed by atoms with E-state index in [1.54, 1.807) is 4.90 Å². The molecular weight excluding hydrogens is 376 g/mol. The molecule has 2 aliphatic rings. The summed E-state index contributed by atoms with van der Waals surface area (Å²) in [6.45, 7) is 0.833. The molecule has 1 aliphatic heterocycles. The van der Waals surface area contributed by atoms with Crippen LogP contribution in [0, 0.1) is 11.8 Å². The number of benzene rings is 1. The van der Waals surface area contributed by atoms with E-state index in [4.69, 9.17) is 4.18 Å². The van der Waals surface area contributed by atoms with Gasteiger partial charge in [0, 0.05) is 43.7 Å². The van der Waals surface area contributed by atoms with Crippen molar-refractivity contribution in [3.05, 3.63) is 35.9 Å². The summed E-state index contributed by atoms with van der Waals surface area (Å²) >= 11 is 0. The van der Waals surface area contributed by atoms with Gasteiger partial charge in [0.05, 0.1) is 12.9 Å². The third kappa shape index (κ3) is 5.25. The van der Waals surface area contributed by atoms with Gasteiger partial charge in [-0.05, 0) is 18.4 Å². The molecule has 1 aromatic rings. The fourth-order valence-electron chi connectivity index (χ4n) is 4.05. The molecule has 0 spiro atoms. The van der Waals surface area contributed by atoms with E-state index in [1.807, 2.05) is 30.3 Å². The molecule has 1 saturated carbocycles. The van der Waals surface area contributed by atoms with E-state index in [9.17, 15) is 22.0 Å². The van der Waals surface area contributed by atoms with Gasteiger partial charge in [0.15, 0.2) is 0 Å². The van der Waals surface area contributed by atoms with Crippen molar-refractivity contribution in [3.63, 3.8) is 0 Å². The monoisotopic (exact) mass is 401 g/mol. The number of rotatable bonds is 5. The first-order chi connectivity index (χ1) is 12.6. The minimum absolute atomic E-state index is 0.00487. The lowest BCUT2D eigenvalue weighted by Gasteiger charge is -2.30. The molecule has 0 unspecified atom stereocenters. The van der Waals surface area contributed by atoms with Crippen LogP contribution in [-0.2, 0) is 19.1 Å². The Morgan fingerprint density at radius 2 is 1.81 bits per heavy atom. The topological polar surface area (TPSA) is 63.7 Å². The quantitative estimate of drug-likeness (QED) is 0.712. The number of amides is 1. The number of nitrogens with zero attached hydrogens (tertiary/aromatic N) is 1. The van der Waals surface area contributed by atoms with Crippen molar-refractivity contribution >= 4 is 16.0 Å². The van der Waals surface area contributed by atoms with Crippen LogP contribution in [0.3, 0.4) is 0 Å². The summed E-state index contributed by atoms with van der Waals surface area (Å²) in [5, 5.41) is 0. The molecule has 0 radical (unpaired) electrons. The number of halogens is 2. The summed E-state index contributed by atoms with van der Waals surface area (Å²) in [5.41, 5.74) is 1.02. The SMILES string of the molecule is CS(=O)(=O)OC[C@H]1CN(C(=O)C2CCC(F)(F)CC2)C[C@@H]1c1ccccc1. The fourth-order valence-corrected chi connectivity index (χ4v) is 4.48. The lowest BCUT2D eigenvalue weighted by atomic mass is 9.86. The summed E-state index contributed by atoms with van der Waals surface area (Å²) in [6.07, 6.45) is 0.899. The normalized spacial score (nSPS) is 26.3. The highest BCUT2D eigenvalue weighted by Crippen LogP contribution is 2.39. The fraction of sp³-hybridized carbons (Fsp3) is 0.632. The van der Waals surface area contributed by atoms with E-state index < -0.39 is 16.0 Å². The summed E-state index contributed by atoms with van der Waals surface area (Å²) in [7, 11) is -3.58. The van der Waals surface area contributed by atoms with Crippen LogP contribution in [0.25, 0.3) is 0 Å². The molecule has 0 aromatic heterocycles. The molecule has 1 aliphatic carbocycles. The first-order valence-corrected chi connectivity index (χ1v) is 11.0. The molecule has 8 heteroatoms. The Labute approximate surface area is 158 Å². The Kier molecular flexibility index (Phi) is 5.86. The predicted molar refractivity (Wildman–Crippen MR) is 97.0 cm³/mol. The van der Waals surface area contributed by atoms with Crippen molar-refractivity contribution < 1.29 is 26.2 Å². The molecule has 5 nitrogen and oxygen atoms in total. The molecule has 0 N–H and O–H groups in total. The second kappa shape index (κ2) is 7.83. The van der Waals surface area contributed by atoms with Crippen LogP contribution in [0.5, 0.6) is 0 Å². The van der Waals surface area contributed by atoms with Crippen LogP contribution in [-0.4, -0.2) is 51.1 Å². The molecule has 27 heavy (non-hydrogen) atoms. The molecule has 2 atom stereocenters. The molecule has 2 fully saturated rings. The molecule has 1 saturated heterocycles. The highest BCUT2D eigenvalue weighted by Gasteiger charge is 2.42. The van der Waals surface area contributed by atoms with Crippen molar-refractivity contribution in [2.24, 2.45) is 11.8 Å². The number of carbonyl (C=O) groups excluding carboxylic acids is 1. The van der Waals surface area contributed by atoms with Crippen LogP contribution >= 0.6 is 0 Å². The van der Waals surface area contributed by atoms with Gasteiger partial charge in [-0.3, -0.25) is 8.98 Å². The number of alkyl halides is 2. The van der Waals surface area contributed by atoms with Gasteiger partial charge in [-0.25, -0.2) is 8.78 Å². The first-order valence-electron chi connectivity index (χ1n) is 9.20. The van der Waals surface area contributed by atoms with E-state index in [0.717, 1.165) is 11.8 Å². The van der Waals surface area contributed by atoms with Crippen molar-refractivity contribution in [1.82, 2.24) is 4.90 Å². The molecular formula is C19H25F2NO4S. The highest BCUT2D eigenvalue weighted by atomic mass is 32.2. The zero-order valence-corrected chi connectivity index (χ0v) is 16.1. The minimum Gasteiger partial charge on any atom is -0.341 e. The Hall–Kier alpha value is -1.54. The van der Waals surface area contributed by atoms with E-state index in [0.29, 0.717) is 13.1 Å².